The number of alkyl halides is 3. The lowest BCUT2D eigenvalue weighted by Crippen LogP contribution is -2.18. The summed E-state index contributed by atoms with van der Waals surface area (Å²) in [7, 11) is -9.01. The van der Waals surface area contributed by atoms with Gasteiger partial charge in [0, 0.05) is 16.5 Å². The highest BCUT2D eigenvalue weighted by atomic mass is 32.2. The van der Waals surface area contributed by atoms with E-state index in [-0.39, 0.29) is 16.0 Å². The highest BCUT2D eigenvalue weighted by molar-refractivity contribution is 7.89. The van der Waals surface area contributed by atoms with E-state index < -0.39 is 42.3 Å². The Balaban J connectivity index is 1.75. The van der Waals surface area contributed by atoms with Crippen molar-refractivity contribution in [3.63, 3.8) is 0 Å². The van der Waals surface area contributed by atoms with Crippen LogP contribution in [0, 0.1) is 0 Å². The van der Waals surface area contributed by atoms with Gasteiger partial charge in [0.2, 0.25) is 0 Å². The van der Waals surface area contributed by atoms with E-state index in [2.05, 4.69) is 9.93 Å². The molecule has 0 fully saturated rings. The van der Waals surface area contributed by atoms with Crippen molar-refractivity contribution in [3.05, 3.63) is 96.1 Å². The smallest absolute Gasteiger partial charge is 0.282 e. The summed E-state index contributed by atoms with van der Waals surface area (Å²) >= 11 is 0. The monoisotopic (exact) mass is 534 g/mol. The number of fused-ring (bicyclic) bond motifs is 1. The Morgan fingerprint density at radius 1 is 0.778 bits per heavy atom. The van der Waals surface area contributed by atoms with Gasteiger partial charge in [-0.3, -0.25) is 4.55 Å². The number of benzene rings is 4. The van der Waals surface area contributed by atoms with E-state index in [1.807, 2.05) is 0 Å². The lowest BCUT2D eigenvalue weighted by atomic mass is 9.98. The molecule has 186 valence electrons. The highest BCUT2D eigenvalue weighted by Crippen LogP contribution is 2.36. The van der Waals surface area contributed by atoms with Crippen molar-refractivity contribution < 1.29 is 34.6 Å². The topological polar surface area (TPSA) is 113 Å². The fourth-order valence-electron chi connectivity index (χ4n) is 3.64. The molecule has 4 aromatic carbocycles. The van der Waals surface area contributed by atoms with E-state index in [0.717, 1.165) is 6.21 Å². The van der Waals surface area contributed by atoms with Crippen LogP contribution in [0.4, 0.5) is 13.2 Å². The number of rotatable bonds is 6. The highest BCUT2D eigenvalue weighted by Gasteiger charge is 2.32. The van der Waals surface area contributed by atoms with Crippen LogP contribution >= 0.6 is 0 Å². The lowest BCUT2D eigenvalue weighted by Gasteiger charge is -2.14. The number of hydrogen-bond donors (Lipinski definition) is 2. The largest absolute Gasteiger partial charge is 0.416 e. The second-order valence-corrected chi connectivity index (χ2v) is 10.6. The van der Waals surface area contributed by atoms with Crippen LogP contribution in [0.3, 0.4) is 0 Å². The minimum atomic E-state index is -4.88. The molecule has 12 heteroatoms. The number of hydrogen-bond acceptors (Lipinski definition) is 5. The van der Waals surface area contributed by atoms with Crippen LogP contribution in [-0.4, -0.2) is 27.6 Å². The SMILES string of the molecule is O=S(=O)(O)c1ccc(C(F)(F)F)cc1-c1ccccc1C=NNS(=O)(=O)c1cccc2ccccc12. The van der Waals surface area contributed by atoms with Crippen molar-refractivity contribution in [3.8, 4) is 11.1 Å². The molecule has 0 aliphatic carbocycles. The van der Waals surface area contributed by atoms with Gasteiger partial charge >= 0.3 is 6.18 Å². The maximum atomic E-state index is 13.3. The maximum absolute atomic E-state index is 13.3. The van der Waals surface area contributed by atoms with Crippen LogP contribution in [0.15, 0.2) is 99.8 Å². The number of nitrogens with zero attached hydrogens (tertiary/aromatic N) is 1. The third kappa shape index (κ3) is 5.25. The quantitative estimate of drug-likeness (QED) is 0.203. The van der Waals surface area contributed by atoms with Crippen molar-refractivity contribution in [1.82, 2.24) is 4.83 Å². The Morgan fingerprint density at radius 3 is 2.17 bits per heavy atom. The fourth-order valence-corrected chi connectivity index (χ4v) is 5.35. The van der Waals surface area contributed by atoms with Crippen molar-refractivity contribution in [2.24, 2.45) is 5.10 Å². The molecule has 0 spiro atoms. The van der Waals surface area contributed by atoms with E-state index >= 15 is 0 Å². The van der Waals surface area contributed by atoms with Crippen molar-refractivity contribution >= 4 is 37.1 Å². The van der Waals surface area contributed by atoms with E-state index in [1.165, 1.54) is 30.3 Å². The van der Waals surface area contributed by atoms with Gasteiger partial charge in [-0.25, -0.2) is 4.83 Å². The summed E-state index contributed by atoms with van der Waals surface area (Å²) in [6.45, 7) is 0. The lowest BCUT2D eigenvalue weighted by molar-refractivity contribution is -0.137. The van der Waals surface area contributed by atoms with Crippen LogP contribution in [-0.2, 0) is 26.3 Å². The Morgan fingerprint density at radius 2 is 1.44 bits per heavy atom. The fraction of sp³-hybridized carbons (Fsp3) is 0.0417. The second-order valence-electron chi connectivity index (χ2n) is 7.60. The minimum absolute atomic E-state index is 0.0238. The van der Waals surface area contributed by atoms with Gasteiger partial charge in [-0.05, 0) is 35.2 Å². The number of hydrazone groups is 1. The van der Waals surface area contributed by atoms with Crippen LogP contribution < -0.4 is 4.83 Å². The molecule has 0 atom stereocenters. The molecule has 0 amide bonds. The zero-order chi connectivity index (χ0) is 26.1. The normalized spacial score (nSPS) is 12.8. The van der Waals surface area contributed by atoms with Gasteiger partial charge in [-0.15, -0.1) is 0 Å². The summed E-state index contributed by atoms with van der Waals surface area (Å²) in [6.07, 6.45) is -3.74. The Kier molecular flexibility index (Phi) is 6.60. The van der Waals surface area contributed by atoms with Gasteiger partial charge in [0.05, 0.1) is 16.7 Å². The molecule has 0 radical (unpaired) electrons. The third-order valence-corrected chi connectivity index (χ3v) is 7.44. The van der Waals surface area contributed by atoms with E-state index in [4.69, 9.17) is 0 Å². The third-order valence-electron chi connectivity index (χ3n) is 5.25. The molecule has 0 heterocycles. The summed E-state index contributed by atoms with van der Waals surface area (Å²) in [5.74, 6) is 0. The molecule has 0 unspecified atom stereocenters. The molecule has 0 saturated carbocycles. The molecule has 4 rings (SSSR count). The standard InChI is InChI=1S/C24H17F3N2O5S2/c25-24(26,27)18-12-13-23(36(32,33)34)21(14-18)19-9-3-2-7-17(19)15-28-29-35(30,31)22-11-5-8-16-6-1-4-10-20(16)22/h1-15,29H,(H,32,33,34). The molecule has 2 N–H and O–H groups in total. The molecule has 0 aliphatic rings. The number of nitrogens with one attached hydrogen (secondary N) is 1. The average molecular weight is 535 g/mol. The molecule has 0 aromatic heterocycles. The Bertz CT molecular complexity index is 1700. The zero-order valence-corrected chi connectivity index (χ0v) is 19.8. The first-order chi connectivity index (χ1) is 16.9. The first-order valence-electron chi connectivity index (χ1n) is 10.2. The van der Waals surface area contributed by atoms with Crippen LogP contribution in [0.2, 0.25) is 0 Å². The molecule has 4 aromatic rings. The molecule has 36 heavy (non-hydrogen) atoms. The van der Waals surface area contributed by atoms with Crippen LogP contribution in [0.1, 0.15) is 11.1 Å². The summed E-state index contributed by atoms with van der Waals surface area (Å²) in [5, 5.41) is 4.90. The molecule has 0 aliphatic heterocycles. The van der Waals surface area contributed by atoms with E-state index in [1.54, 1.807) is 36.4 Å². The van der Waals surface area contributed by atoms with Gasteiger partial charge in [0.25, 0.3) is 20.1 Å². The predicted octanol–water partition coefficient (Wildman–Crippen LogP) is 5.08. The van der Waals surface area contributed by atoms with Crippen molar-refractivity contribution in [1.29, 1.82) is 0 Å². The van der Waals surface area contributed by atoms with Gasteiger partial charge in [-0.1, -0.05) is 60.7 Å². The van der Waals surface area contributed by atoms with Gasteiger partial charge in [0.1, 0.15) is 4.90 Å². The molecular formula is C24H17F3N2O5S2. The molecular weight excluding hydrogens is 517 g/mol. The van der Waals surface area contributed by atoms with Crippen LogP contribution in [0.5, 0.6) is 0 Å². The summed E-state index contributed by atoms with van der Waals surface area (Å²) in [4.78, 5) is 1.30. The average Bonchev–Trinajstić information content (AvgIpc) is 2.82. The van der Waals surface area contributed by atoms with Gasteiger partial charge < -0.3 is 0 Å². The summed E-state index contributed by atoms with van der Waals surface area (Å²) in [5.41, 5.74) is -1.48. The summed E-state index contributed by atoms with van der Waals surface area (Å²) < 4.78 is 98.9. The number of halogens is 3. The second kappa shape index (κ2) is 9.37. The maximum Gasteiger partial charge on any atom is 0.416 e. The summed E-state index contributed by atoms with van der Waals surface area (Å²) in [6, 6.07) is 19.0. The van der Waals surface area contributed by atoms with E-state index in [9.17, 15) is 34.6 Å². The molecule has 7 nitrogen and oxygen atoms in total. The zero-order valence-electron chi connectivity index (χ0n) is 18.1. The van der Waals surface area contributed by atoms with Crippen molar-refractivity contribution in [2.45, 2.75) is 16.0 Å². The molecule has 0 saturated heterocycles. The minimum Gasteiger partial charge on any atom is -0.282 e. The van der Waals surface area contributed by atoms with Gasteiger partial charge in [0.15, 0.2) is 0 Å². The van der Waals surface area contributed by atoms with Crippen LogP contribution in [0.25, 0.3) is 21.9 Å². The predicted molar refractivity (Wildman–Crippen MR) is 129 cm³/mol. The first-order valence-corrected chi connectivity index (χ1v) is 13.1. The number of sulfonamides is 1. The Labute approximate surface area is 204 Å². The van der Waals surface area contributed by atoms with Gasteiger partial charge in [-0.2, -0.15) is 35.1 Å². The molecule has 0 bridgehead atoms. The Hall–Kier alpha value is -3.74. The first kappa shape index (κ1) is 25.4. The van der Waals surface area contributed by atoms with E-state index in [0.29, 0.717) is 29.0 Å². The van der Waals surface area contributed by atoms with Crippen molar-refractivity contribution in [2.75, 3.05) is 0 Å².